The third-order valence-electron chi connectivity index (χ3n) is 5.27. The average molecular weight is 528 g/mol. The van der Waals surface area contributed by atoms with Gasteiger partial charge in [-0.25, -0.2) is 9.59 Å². The third-order valence-corrected chi connectivity index (χ3v) is 5.27. The molecule has 2 atom stereocenters. The van der Waals surface area contributed by atoms with E-state index in [-0.39, 0.29) is 19.4 Å². The van der Waals surface area contributed by atoms with Crippen LogP contribution < -0.4 is 10.6 Å². The van der Waals surface area contributed by atoms with Gasteiger partial charge in [-0.15, -0.1) is 0 Å². The van der Waals surface area contributed by atoms with Gasteiger partial charge in [-0.2, -0.15) is 0 Å². The molecule has 1 fully saturated rings. The van der Waals surface area contributed by atoms with Crippen molar-refractivity contribution in [1.29, 1.82) is 0 Å². The number of rotatable bonds is 8. The van der Waals surface area contributed by atoms with E-state index >= 15 is 0 Å². The molecule has 0 aliphatic carbocycles. The lowest BCUT2D eigenvalue weighted by molar-refractivity contribution is -0.160. The number of hydrogen-bond donors (Lipinski definition) is 2. The monoisotopic (exact) mass is 527 g/mol. The summed E-state index contributed by atoms with van der Waals surface area (Å²) in [5.74, 6) is -2.19. The van der Waals surface area contributed by atoms with E-state index in [4.69, 9.17) is 14.2 Å². The number of amides is 3. The van der Waals surface area contributed by atoms with Gasteiger partial charge in [0.25, 0.3) is 0 Å². The summed E-state index contributed by atoms with van der Waals surface area (Å²) in [6, 6.07) is -1.12. The molecule has 212 valence electrons. The molecule has 0 spiro atoms. The Balaban J connectivity index is 2.95. The van der Waals surface area contributed by atoms with E-state index in [9.17, 15) is 24.0 Å². The van der Waals surface area contributed by atoms with Gasteiger partial charge in [0, 0.05) is 13.0 Å². The lowest BCUT2D eigenvalue weighted by atomic mass is 9.96. The molecule has 2 N–H and O–H groups in total. The second kappa shape index (κ2) is 12.1. The molecule has 1 aliphatic rings. The van der Waals surface area contributed by atoms with Gasteiger partial charge in [-0.3, -0.25) is 14.4 Å². The van der Waals surface area contributed by atoms with Crippen molar-refractivity contribution >= 4 is 29.8 Å². The van der Waals surface area contributed by atoms with Crippen molar-refractivity contribution in [3.63, 3.8) is 0 Å². The Kier molecular flexibility index (Phi) is 10.5. The standard InChI is InChI=1S/C26H45N3O8/c1-23(2,3)35-19(31)13-12-17(20(32)36-24(4,5)6)28-21(33)26(10)14-11-15-29(26)18(30)16-27-22(34)37-25(7,8)9/h17H,11-16H2,1-10H3,(H,27,34)(H,28,33)/t17-,26-/m0/s1. The molecule has 0 saturated carbocycles. The highest BCUT2D eigenvalue weighted by Crippen LogP contribution is 2.30. The molecule has 11 heteroatoms. The first-order valence-electron chi connectivity index (χ1n) is 12.7. The van der Waals surface area contributed by atoms with E-state index in [1.807, 2.05) is 0 Å². The maximum absolute atomic E-state index is 13.4. The molecule has 0 aromatic rings. The Bertz CT molecular complexity index is 867. The molecule has 0 aromatic heterocycles. The van der Waals surface area contributed by atoms with Gasteiger partial charge in [0.2, 0.25) is 11.8 Å². The largest absolute Gasteiger partial charge is 0.460 e. The molecule has 3 amide bonds. The van der Waals surface area contributed by atoms with Crippen molar-refractivity contribution < 1.29 is 38.2 Å². The van der Waals surface area contributed by atoms with Crippen LogP contribution in [0.1, 0.15) is 94.9 Å². The second-order valence-corrected chi connectivity index (χ2v) is 12.5. The zero-order valence-corrected chi connectivity index (χ0v) is 24.0. The molecular weight excluding hydrogens is 482 g/mol. The Morgan fingerprint density at radius 3 is 1.92 bits per heavy atom. The number of carbonyl (C=O) groups excluding carboxylic acids is 5. The summed E-state index contributed by atoms with van der Waals surface area (Å²) in [5.41, 5.74) is -3.46. The minimum absolute atomic E-state index is 0.0280. The number of nitrogens with zero attached hydrogens (tertiary/aromatic N) is 1. The Hall–Kier alpha value is -2.85. The van der Waals surface area contributed by atoms with Gasteiger partial charge in [-0.05, 0) is 88.5 Å². The minimum Gasteiger partial charge on any atom is -0.460 e. The summed E-state index contributed by atoms with van der Waals surface area (Å²) in [5, 5.41) is 5.11. The molecular formula is C26H45N3O8. The smallest absolute Gasteiger partial charge is 0.408 e. The average Bonchev–Trinajstić information content (AvgIpc) is 3.08. The van der Waals surface area contributed by atoms with Crippen molar-refractivity contribution in [2.24, 2.45) is 0 Å². The number of hydrogen-bond acceptors (Lipinski definition) is 8. The predicted molar refractivity (Wildman–Crippen MR) is 136 cm³/mol. The quantitative estimate of drug-likeness (QED) is 0.363. The van der Waals surface area contributed by atoms with E-state index < -0.39 is 58.2 Å². The Labute approximate surface area is 220 Å². The summed E-state index contributed by atoms with van der Waals surface area (Å²) >= 11 is 0. The molecule has 1 aliphatic heterocycles. The lowest BCUT2D eigenvalue weighted by Crippen LogP contribution is -2.60. The fourth-order valence-electron chi connectivity index (χ4n) is 3.75. The van der Waals surface area contributed by atoms with Crippen LogP contribution in [-0.2, 0) is 33.4 Å². The molecule has 1 heterocycles. The SMILES string of the molecule is CC(C)(C)OC(=O)CC[C@H](NC(=O)[C@]1(C)CCCN1C(=O)CNC(=O)OC(C)(C)C)C(=O)OC(C)(C)C. The van der Waals surface area contributed by atoms with Crippen LogP contribution >= 0.6 is 0 Å². The van der Waals surface area contributed by atoms with Crippen molar-refractivity contribution in [2.45, 2.75) is 123 Å². The topological polar surface area (TPSA) is 140 Å². The van der Waals surface area contributed by atoms with Crippen molar-refractivity contribution in [3.05, 3.63) is 0 Å². The van der Waals surface area contributed by atoms with Gasteiger partial charge < -0.3 is 29.7 Å². The highest BCUT2D eigenvalue weighted by molar-refractivity contribution is 5.95. The molecule has 0 radical (unpaired) electrons. The predicted octanol–water partition coefficient (Wildman–Crippen LogP) is 2.84. The van der Waals surface area contributed by atoms with E-state index in [0.29, 0.717) is 19.4 Å². The Morgan fingerprint density at radius 2 is 1.41 bits per heavy atom. The van der Waals surface area contributed by atoms with E-state index in [2.05, 4.69) is 10.6 Å². The normalized spacial score (nSPS) is 19.0. The fourth-order valence-corrected chi connectivity index (χ4v) is 3.75. The number of esters is 2. The second-order valence-electron chi connectivity index (χ2n) is 12.5. The van der Waals surface area contributed by atoms with Crippen LogP contribution in [0.4, 0.5) is 4.79 Å². The summed E-state index contributed by atoms with van der Waals surface area (Å²) < 4.78 is 15.9. The number of alkyl carbamates (subject to hydrolysis) is 1. The highest BCUT2D eigenvalue weighted by atomic mass is 16.6. The zero-order chi connectivity index (χ0) is 28.8. The van der Waals surface area contributed by atoms with Crippen molar-refractivity contribution in [1.82, 2.24) is 15.5 Å². The van der Waals surface area contributed by atoms with Crippen molar-refractivity contribution in [2.75, 3.05) is 13.1 Å². The van der Waals surface area contributed by atoms with Crippen molar-refractivity contribution in [3.8, 4) is 0 Å². The molecule has 1 rings (SSSR count). The molecule has 0 bridgehead atoms. The number of nitrogens with one attached hydrogen (secondary N) is 2. The van der Waals surface area contributed by atoms with Gasteiger partial charge in [0.1, 0.15) is 34.9 Å². The first kappa shape index (κ1) is 32.2. The molecule has 11 nitrogen and oxygen atoms in total. The van der Waals surface area contributed by atoms with Crippen LogP contribution in [0.3, 0.4) is 0 Å². The van der Waals surface area contributed by atoms with Crippen LogP contribution in [0.2, 0.25) is 0 Å². The van der Waals surface area contributed by atoms with Gasteiger partial charge in [0.15, 0.2) is 0 Å². The number of likely N-dealkylation sites (tertiary alicyclic amines) is 1. The van der Waals surface area contributed by atoms with Gasteiger partial charge in [-0.1, -0.05) is 0 Å². The summed E-state index contributed by atoms with van der Waals surface area (Å²) in [7, 11) is 0. The zero-order valence-electron chi connectivity index (χ0n) is 24.0. The maximum atomic E-state index is 13.4. The van der Waals surface area contributed by atoms with Gasteiger partial charge in [0.05, 0.1) is 0 Å². The molecule has 0 aromatic carbocycles. The molecule has 0 unspecified atom stereocenters. The van der Waals surface area contributed by atoms with E-state index in [1.165, 1.54) is 4.90 Å². The van der Waals surface area contributed by atoms with Crippen LogP contribution in [-0.4, -0.2) is 76.2 Å². The van der Waals surface area contributed by atoms with Crippen LogP contribution in [0.5, 0.6) is 0 Å². The fraction of sp³-hybridized carbons (Fsp3) is 0.808. The van der Waals surface area contributed by atoms with Crippen LogP contribution in [0, 0.1) is 0 Å². The van der Waals surface area contributed by atoms with Crippen LogP contribution in [0.15, 0.2) is 0 Å². The summed E-state index contributed by atoms with van der Waals surface area (Å²) in [6.45, 7) is 17.0. The summed E-state index contributed by atoms with van der Waals surface area (Å²) in [6.07, 6.45) is 0.0556. The number of carbonyl (C=O) groups is 5. The van der Waals surface area contributed by atoms with E-state index in [0.717, 1.165) is 0 Å². The highest BCUT2D eigenvalue weighted by Gasteiger charge is 2.47. The first-order valence-corrected chi connectivity index (χ1v) is 12.7. The van der Waals surface area contributed by atoms with Gasteiger partial charge >= 0.3 is 18.0 Å². The Morgan fingerprint density at radius 1 is 0.865 bits per heavy atom. The number of ether oxygens (including phenoxy) is 3. The van der Waals surface area contributed by atoms with Crippen LogP contribution in [0.25, 0.3) is 0 Å². The molecule has 37 heavy (non-hydrogen) atoms. The third kappa shape index (κ3) is 11.4. The lowest BCUT2D eigenvalue weighted by Gasteiger charge is -2.35. The molecule has 1 saturated heterocycles. The first-order chi connectivity index (χ1) is 16.6. The minimum atomic E-state index is -1.25. The van der Waals surface area contributed by atoms with E-state index in [1.54, 1.807) is 69.2 Å². The summed E-state index contributed by atoms with van der Waals surface area (Å²) in [4.78, 5) is 64.8. The maximum Gasteiger partial charge on any atom is 0.408 e.